The van der Waals surface area contributed by atoms with Crippen LogP contribution < -0.4 is 10.6 Å². The number of benzene rings is 2. The molecule has 0 aromatic heterocycles. The van der Waals surface area contributed by atoms with E-state index in [0.29, 0.717) is 38.9 Å². The summed E-state index contributed by atoms with van der Waals surface area (Å²) in [6.45, 7) is 3.24. The van der Waals surface area contributed by atoms with E-state index in [1.807, 2.05) is 49.4 Å². The van der Waals surface area contributed by atoms with Gasteiger partial charge < -0.3 is 15.5 Å². The molecule has 4 rings (SSSR count). The summed E-state index contributed by atoms with van der Waals surface area (Å²) in [5.41, 5.74) is 4.46. The Bertz CT molecular complexity index is 1150. The van der Waals surface area contributed by atoms with E-state index in [0.717, 1.165) is 34.3 Å². The predicted molar refractivity (Wildman–Crippen MR) is 124 cm³/mol. The Balaban J connectivity index is 1.45. The standard InChI is InChI=1S/C23H28N4O4S/c1-16-6-3-8-18(14-16)24-23(29)25-20-9-4-7-17-15-26(13-11-19(17)20)22(28)21-10-5-12-27(21)32(2,30)31/h3-4,6-9,14,21H,5,10-13,15H2,1-2H3,(H2,24,25,29). The highest BCUT2D eigenvalue weighted by atomic mass is 32.2. The molecule has 1 fully saturated rings. The molecule has 2 aliphatic heterocycles. The number of amides is 3. The molecule has 8 nitrogen and oxygen atoms in total. The van der Waals surface area contributed by atoms with Gasteiger partial charge in [-0.25, -0.2) is 13.2 Å². The lowest BCUT2D eigenvalue weighted by atomic mass is 9.97. The monoisotopic (exact) mass is 456 g/mol. The lowest BCUT2D eigenvalue weighted by Gasteiger charge is -2.33. The van der Waals surface area contributed by atoms with Crippen LogP contribution in [0.15, 0.2) is 42.5 Å². The van der Waals surface area contributed by atoms with Crippen molar-refractivity contribution in [2.75, 3.05) is 30.0 Å². The molecular weight excluding hydrogens is 428 g/mol. The maximum atomic E-state index is 13.1. The van der Waals surface area contributed by atoms with Crippen molar-refractivity contribution in [2.45, 2.75) is 38.8 Å². The Kier molecular flexibility index (Phi) is 6.21. The number of carbonyl (C=O) groups is 2. The average Bonchev–Trinajstić information content (AvgIpc) is 3.23. The largest absolute Gasteiger partial charge is 0.337 e. The molecule has 0 radical (unpaired) electrons. The molecule has 2 heterocycles. The van der Waals surface area contributed by atoms with E-state index in [2.05, 4.69) is 10.6 Å². The number of aryl methyl sites for hydroxylation is 1. The van der Waals surface area contributed by atoms with Gasteiger partial charge in [0.15, 0.2) is 0 Å². The van der Waals surface area contributed by atoms with Crippen molar-refractivity contribution >= 4 is 33.3 Å². The van der Waals surface area contributed by atoms with E-state index in [-0.39, 0.29) is 11.9 Å². The first-order chi connectivity index (χ1) is 15.2. The molecule has 170 valence electrons. The van der Waals surface area contributed by atoms with Crippen molar-refractivity contribution in [3.63, 3.8) is 0 Å². The third kappa shape index (κ3) is 4.78. The van der Waals surface area contributed by atoms with E-state index >= 15 is 0 Å². The van der Waals surface area contributed by atoms with Crippen LogP contribution in [0.2, 0.25) is 0 Å². The van der Waals surface area contributed by atoms with Gasteiger partial charge in [0.2, 0.25) is 15.9 Å². The smallest absolute Gasteiger partial charge is 0.323 e. The number of sulfonamides is 1. The lowest BCUT2D eigenvalue weighted by Crippen LogP contribution is -2.48. The van der Waals surface area contributed by atoms with Gasteiger partial charge in [-0.3, -0.25) is 4.79 Å². The predicted octanol–water partition coefficient (Wildman–Crippen LogP) is 2.95. The number of carbonyl (C=O) groups excluding carboxylic acids is 2. The molecule has 3 amide bonds. The maximum Gasteiger partial charge on any atom is 0.323 e. The van der Waals surface area contributed by atoms with Crippen LogP contribution >= 0.6 is 0 Å². The zero-order chi connectivity index (χ0) is 22.9. The summed E-state index contributed by atoms with van der Waals surface area (Å²) >= 11 is 0. The highest BCUT2D eigenvalue weighted by Crippen LogP contribution is 2.29. The molecule has 0 aliphatic carbocycles. The number of hydrogen-bond donors (Lipinski definition) is 2. The van der Waals surface area contributed by atoms with Crippen LogP contribution in [0.4, 0.5) is 16.2 Å². The highest BCUT2D eigenvalue weighted by molar-refractivity contribution is 7.88. The van der Waals surface area contributed by atoms with Crippen molar-refractivity contribution in [1.29, 1.82) is 0 Å². The molecule has 9 heteroatoms. The van der Waals surface area contributed by atoms with Gasteiger partial charge in [0.1, 0.15) is 6.04 Å². The molecule has 1 saturated heterocycles. The van der Waals surface area contributed by atoms with E-state index in [9.17, 15) is 18.0 Å². The summed E-state index contributed by atoms with van der Waals surface area (Å²) in [6, 6.07) is 12.3. The Morgan fingerprint density at radius 1 is 1.06 bits per heavy atom. The Hall–Kier alpha value is -2.91. The summed E-state index contributed by atoms with van der Waals surface area (Å²) in [4.78, 5) is 27.3. The van der Waals surface area contributed by atoms with E-state index in [4.69, 9.17) is 0 Å². The van der Waals surface area contributed by atoms with Gasteiger partial charge >= 0.3 is 6.03 Å². The molecule has 2 N–H and O–H groups in total. The van der Waals surface area contributed by atoms with Crippen molar-refractivity contribution in [1.82, 2.24) is 9.21 Å². The Morgan fingerprint density at radius 3 is 2.59 bits per heavy atom. The minimum Gasteiger partial charge on any atom is -0.337 e. The first-order valence-corrected chi connectivity index (χ1v) is 12.6. The third-order valence-corrected chi connectivity index (χ3v) is 7.31. The molecule has 1 atom stereocenters. The number of nitrogens with zero attached hydrogens (tertiary/aromatic N) is 2. The molecule has 0 bridgehead atoms. The molecule has 2 aromatic rings. The normalized spacial score (nSPS) is 18.8. The van der Waals surface area contributed by atoms with Gasteiger partial charge in [-0.05, 0) is 61.1 Å². The second-order valence-electron chi connectivity index (χ2n) is 8.43. The molecule has 2 aromatic carbocycles. The average molecular weight is 457 g/mol. The van der Waals surface area contributed by atoms with E-state index in [1.165, 1.54) is 4.31 Å². The molecule has 0 spiro atoms. The SMILES string of the molecule is Cc1cccc(NC(=O)Nc2cccc3c2CCN(C(=O)C2CCCN2S(C)(=O)=O)C3)c1. The van der Waals surface area contributed by atoms with Crippen LogP contribution in [0.1, 0.15) is 29.5 Å². The first-order valence-electron chi connectivity index (χ1n) is 10.7. The fourth-order valence-electron chi connectivity index (χ4n) is 4.52. The number of hydrogen-bond acceptors (Lipinski definition) is 4. The van der Waals surface area contributed by atoms with Crippen LogP contribution in [0.25, 0.3) is 0 Å². The van der Waals surface area contributed by atoms with E-state index in [1.54, 1.807) is 4.90 Å². The summed E-state index contributed by atoms with van der Waals surface area (Å²) in [5, 5.41) is 5.77. The number of rotatable bonds is 4. The maximum absolute atomic E-state index is 13.1. The zero-order valence-electron chi connectivity index (χ0n) is 18.3. The topological polar surface area (TPSA) is 98.8 Å². The number of fused-ring (bicyclic) bond motifs is 1. The molecule has 32 heavy (non-hydrogen) atoms. The van der Waals surface area contributed by atoms with Crippen LogP contribution in [-0.2, 0) is 27.8 Å². The number of nitrogens with one attached hydrogen (secondary N) is 2. The molecule has 1 unspecified atom stereocenters. The summed E-state index contributed by atoms with van der Waals surface area (Å²) in [5.74, 6) is -0.144. The first kappa shape index (κ1) is 22.3. The van der Waals surface area contributed by atoms with Crippen LogP contribution in [0, 0.1) is 6.92 Å². The van der Waals surface area contributed by atoms with Gasteiger partial charge in [0, 0.05) is 31.0 Å². The Labute approximate surface area is 188 Å². The molecule has 0 saturated carbocycles. The van der Waals surface area contributed by atoms with E-state index < -0.39 is 16.1 Å². The molecule has 2 aliphatic rings. The van der Waals surface area contributed by atoms with Gasteiger partial charge in [0.25, 0.3) is 0 Å². The van der Waals surface area contributed by atoms with Crippen LogP contribution in [-0.4, -0.2) is 54.9 Å². The lowest BCUT2D eigenvalue weighted by molar-refractivity contribution is -0.135. The quantitative estimate of drug-likeness (QED) is 0.739. The van der Waals surface area contributed by atoms with Crippen molar-refractivity contribution in [2.24, 2.45) is 0 Å². The highest BCUT2D eigenvalue weighted by Gasteiger charge is 2.39. The molecular formula is C23H28N4O4S. The van der Waals surface area contributed by atoms with Gasteiger partial charge in [-0.2, -0.15) is 4.31 Å². The van der Waals surface area contributed by atoms with Crippen molar-refractivity contribution in [3.05, 3.63) is 59.2 Å². The van der Waals surface area contributed by atoms with Crippen LogP contribution in [0.5, 0.6) is 0 Å². The number of anilines is 2. The second-order valence-corrected chi connectivity index (χ2v) is 10.4. The third-order valence-electron chi connectivity index (χ3n) is 6.02. The van der Waals surface area contributed by atoms with Crippen molar-refractivity contribution < 1.29 is 18.0 Å². The second kappa shape index (κ2) is 8.91. The fraction of sp³-hybridized carbons (Fsp3) is 0.391. The minimum absolute atomic E-state index is 0.144. The summed E-state index contributed by atoms with van der Waals surface area (Å²) in [7, 11) is -3.41. The minimum atomic E-state index is -3.41. The summed E-state index contributed by atoms with van der Waals surface area (Å²) < 4.78 is 25.4. The van der Waals surface area contributed by atoms with Gasteiger partial charge in [0.05, 0.1) is 6.26 Å². The number of urea groups is 1. The zero-order valence-corrected chi connectivity index (χ0v) is 19.1. The van der Waals surface area contributed by atoms with Gasteiger partial charge in [-0.1, -0.05) is 24.3 Å². The van der Waals surface area contributed by atoms with Crippen molar-refractivity contribution in [3.8, 4) is 0 Å². The van der Waals surface area contributed by atoms with Gasteiger partial charge in [-0.15, -0.1) is 0 Å². The fourth-order valence-corrected chi connectivity index (χ4v) is 5.64. The van der Waals surface area contributed by atoms with Crippen LogP contribution in [0.3, 0.4) is 0 Å². The summed E-state index contributed by atoms with van der Waals surface area (Å²) in [6.07, 6.45) is 2.99. The Morgan fingerprint density at radius 2 is 1.84 bits per heavy atom.